The van der Waals surface area contributed by atoms with E-state index < -0.39 is 0 Å². The summed E-state index contributed by atoms with van der Waals surface area (Å²) < 4.78 is 5.31. The van der Waals surface area contributed by atoms with Crippen LogP contribution in [0.2, 0.25) is 0 Å². The molecule has 6 heteroatoms. The van der Waals surface area contributed by atoms with Crippen LogP contribution in [0.5, 0.6) is 0 Å². The molecule has 0 radical (unpaired) electrons. The van der Waals surface area contributed by atoms with Gasteiger partial charge < -0.3 is 20.3 Å². The highest BCUT2D eigenvalue weighted by Crippen LogP contribution is 2.21. The van der Waals surface area contributed by atoms with Crippen molar-refractivity contribution in [1.29, 1.82) is 0 Å². The molecule has 0 bridgehead atoms. The number of aryl methyl sites for hydroxylation is 1. The van der Waals surface area contributed by atoms with E-state index in [9.17, 15) is 4.79 Å². The lowest BCUT2D eigenvalue weighted by Gasteiger charge is -2.19. The van der Waals surface area contributed by atoms with Crippen LogP contribution in [0.25, 0.3) is 0 Å². The second-order valence-electron chi connectivity index (χ2n) is 4.28. The molecule has 0 aliphatic rings. The van der Waals surface area contributed by atoms with Gasteiger partial charge in [-0.1, -0.05) is 17.3 Å². The standard InChI is InChI=1S/C14H15N3O3/c1-9-7-8-12(20-9)14(18)17(2)11-6-4-3-5-10(11)13(15)16-19/h3-8,19H,1-2H3,(H2,15,16). The zero-order chi connectivity index (χ0) is 14.7. The van der Waals surface area contributed by atoms with Gasteiger partial charge in [-0.15, -0.1) is 0 Å². The van der Waals surface area contributed by atoms with Crippen molar-refractivity contribution in [1.82, 2.24) is 0 Å². The summed E-state index contributed by atoms with van der Waals surface area (Å²) in [5.74, 6) is 0.526. The summed E-state index contributed by atoms with van der Waals surface area (Å²) in [6.07, 6.45) is 0. The summed E-state index contributed by atoms with van der Waals surface area (Å²) in [4.78, 5) is 13.7. The maximum atomic E-state index is 12.3. The summed E-state index contributed by atoms with van der Waals surface area (Å²) in [5, 5.41) is 11.8. The zero-order valence-electron chi connectivity index (χ0n) is 11.2. The maximum Gasteiger partial charge on any atom is 0.293 e. The highest BCUT2D eigenvalue weighted by atomic mass is 16.4. The number of anilines is 1. The Morgan fingerprint density at radius 2 is 2.00 bits per heavy atom. The van der Waals surface area contributed by atoms with E-state index in [1.807, 2.05) is 0 Å². The van der Waals surface area contributed by atoms with E-state index in [1.54, 1.807) is 50.4 Å². The first-order chi connectivity index (χ1) is 9.54. The molecule has 0 saturated heterocycles. The molecule has 2 rings (SSSR count). The molecule has 1 heterocycles. The second-order valence-corrected chi connectivity index (χ2v) is 4.28. The zero-order valence-corrected chi connectivity index (χ0v) is 11.2. The van der Waals surface area contributed by atoms with Crippen molar-refractivity contribution in [3.63, 3.8) is 0 Å². The van der Waals surface area contributed by atoms with Crippen molar-refractivity contribution in [2.24, 2.45) is 10.9 Å². The second kappa shape index (κ2) is 5.48. The number of amidine groups is 1. The fraction of sp³-hybridized carbons (Fsp3) is 0.143. The number of hydrogen-bond donors (Lipinski definition) is 2. The molecular formula is C14H15N3O3. The van der Waals surface area contributed by atoms with Crippen molar-refractivity contribution < 1.29 is 14.4 Å². The molecule has 104 valence electrons. The molecule has 1 aromatic heterocycles. The minimum absolute atomic E-state index is 0.0594. The van der Waals surface area contributed by atoms with Crippen LogP contribution in [0.15, 0.2) is 46.0 Å². The van der Waals surface area contributed by atoms with Crippen LogP contribution in [0.4, 0.5) is 5.69 Å². The number of nitrogens with two attached hydrogens (primary N) is 1. The van der Waals surface area contributed by atoms with Gasteiger partial charge in [0.15, 0.2) is 11.6 Å². The van der Waals surface area contributed by atoms with Gasteiger partial charge in [-0.05, 0) is 31.2 Å². The smallest absolute Gasteiger partial charge is 0.293 e. The number of rotatable bonds is 3. The number of oxime groups is 1. The Balaban J connectivity index is 2.39. The van der Waals surface area contributed by atoms with Crippen molar-refractivity contribution >= 4 is 17.4 Å². The number of hydrogen-bond acceptors (Lipinski definition) is 4. The van der Waals surface area contributed by atoms with Crippen LogP contribution in [0.1, 0.15) is 21.9 Å². The van der Waals surface area contributed by atoms with Gasteiger partial charge in [0.1, 0.15) is 5.76 Å². The first kappa shape index (κ1) is 13.7. The molecule has 0 fully saturated rings. The van der Waals surface area contributed by atoms with Crippen molar-refractivity contribution in [3.05, 3.63) is 53.5 Å². The summed E-state index contributed by atoms with van der Waals surface area (Å²) in [6, 6.07) is 10.2. The fourth-order valence-corrected chi connectivity index (χ4v) is 1.86. The van der Waals surface area contributed by atoms with E-state index >= 15 is 0 Å². The lowest BCUT2D eigenvalue weighted by molar-refractivity contribution is 0.0965. The number of para-hydroxylation sites is 1. The topological polar surface area (TPSA) is 92.1 Å². The van der Waals surface area contributed by atoms with Crippen LogP contribution in [0.3, 0.4) is 0 Å². The quantitative estimate of drug-likeness (QED) is 0.387. The summed E-state index contributed by atoms with van der Waals surface area (Å²) in [7, 11) is 1.60. The van der Waals surface area contributed by atoms with Gasteiger partial charge in [-0.2, -0.15) is 0 Å². The molecule has 1 amide bonds. The molecule has 0 saturated carbocycles. The van der Waals surface area contributed by atoms with Crippen molar-refractivity contribution in [2.45, 2.75) is 6.92 Å². The van der Waals surface area contributed by atoms with E-state index in [1.165, 1.54) is 4.90 Å². The minimum atomic E-state index is -0.309. The molecule has 6 nitrogen and oxygen atoms in total. The Labute approximate surface area is 116 Å². The van der Waals surface area contributed by atoms with Crippen LogP contribution in [0, 0.1) is 6.92 Å². The van der Waals surface area contributed by atoms with Gasteiger partial charge in [0, 0.05) is 12.6 Å². The van der Waals surface area contributed by atoms with Crippen molar-refractivity contribution in [3.8, 4) is 0 Å². The summed E-state index contributed by atoms with van der Waals surface area (Å²) in [6.45, 7) is 1.77. The Morgan fingerprint density at radius 1 is 1.30 bits per heavy atom. The minimum Gasteiger partial charge on any atom is -0.456 e. The van der Waals surface area contributed by atoms with Gasteiger partial charge in [0.05, 0.1) is 5.69 Å². The molecule has 3 N–H and O–H groups in total. The molecule has 20 heavy (non-hydrogen) atoms. The number of amides is 1. The van der Waals surface area contributed by atoms with E-state index in [4.69, 9.17) is 15.4 Å². The molecule has 0 atom stereocenters. The van der Waals surface area contributed by atoms with Crippen LogP contribution in [-0.2, 0) is 0 Å². The number of furan rings is 1. The normalized spacial score (nSPS) is 11.4. The lowest BCUT2D eigenvalue weighted by atomic mass is 10.1. The van der Waals surface area contributed by atoms with E-state index in [-0.39, 0.29) is 17.5 Å². The SMILES string of the molecule is Cc1ccc(C(=O)N(C)c2ccccc2/C(N)=N/O)o1. The highest BCUT2D eigenvalue weighted by Gasteiger charge is 2.20. The first-order valence-corrected chi connectivity index (χ1v) is 5.96. The predicted molar refractivity (Wildman–Crippen MR) is 75.1 cm³/mol. The van der Waals surface area contributed by atoms with E-state index in [0.29, 0.717) is 17.0 Å². The number of nitrogens with zero attached hydrogens (tertiary/aromatic N) is 2. The average molecular weight is 273 g/mol. The molecule has 0 aliphatic heterocycles. The van der Waals surface area contributed by atoms with Gasteiger partial charge >= 0.3 is 0 Å². The monoisotopic (exact) mass is 273 g/mol. The molecular weight excluding hydrogens is 258 g/mol. The molecule has 2 aromatic rings. The first-order valence-electron chi connectivity index (χ1n) is 5.96. The van der Waals surface area contributed by atoms with Crippen LogP contribution in [-0.4, -0.2) is 24.0 Å². The average Bonchev–Trinajstić information content (AvgIpc) is 2.91. The van der Waals surface area contributed by atoms with Crippen LogP contribution < -0.4 is 10.6 Å². The molecule has 0 unspecified atom stereocenters. The van der Waals surface area contributed by atoms with Gasteiger partial charge in [0.25, 0.3) is 5.91 Å². The van der Waals surface area contributed by atoms with Gasteiger partial charge in [-0.25, -0.2) is 0 Å². The lowest BCUT2D eigenvalue weighted by Crippen LogP contribution is -2.28. The third-order valence-electron chi connectivity index (χ3n) is 2.90. The highest BCUT2D eigenvalue weighted by molar-refractivity contribution is 6.09. The van der Waals surface area contributed by atoms with Gasteiger partial charge in [-0.3, -0.25) is 4.79 Å². The summed E-state index contributed by atoms with van der Waals surface area (Å²) in [5.41, 5.74) is 6.61. The molecule has 0 spiro atoms. The Kier molecular flexibility index (Phi) is 3.74. The number of carbonyl (C=O) groups is 1. The molecule has 1 aromatic carbocycles. The predicted octanol–water partition coefficient (Wildman–Crippen LogP) is 1.96. The van der Waals surface area contributed by atoms with Crippen LogP contribution >= 0.6 is 0 Å². The van der Waals surface area contributed by atoms with E-state index in [2.05, 4.69) is 5.16 Å². The Bertz CT molecular complexity index is 661. The fourth-order valence-electron chi connectivity index (χ4n) is 1.86. The summed E-state index contributed by atoms with van der Waals surface area (Å²) >= 11 is 0. The Morgan fingerprint density at radius 3 is 2.60 bits per heavy atom. The largest absolute Gasteiger partial charge is 0.456 e. The third kappa shape index (κ3) is 2.49. The van der Waals surface area contributed by atoms with Crippen molar-refractivity contribution in [2.75, 3.05) is 11.9 Å². The molecule has 0 aliphatic carbocycles. The van der Waals surface area contributed by atoms with E-state index in [0.717, 1.165) is 0 Å². The number of benzene rings is 1. The third-order valence-corrected chi connectivity index (χ3v) is 2.90. The Hall–Kier alpha value is -2.76. The maximum absolute atomic E-state index is 12.3. The van der Waals surface area contributed by atoms with Gasteiger partial charge in [0.2, 0.25) is 0 Å². The number of carbonyl (C=O) groups excluding carboxylic acids is 1.